The third-order valence-corrected chi connectivity index (χ3v) is 1.85. The third kappa shape index (κ3) is 3.80. The number of nitrogens with one attached hydrogen (secondary N) is 1. The quantitative estimate of drug-likeness (QED) is 0.757. The van der Waals surface area contributed by atoms with Crippen molar-refractivity contribution < 1.29 is 0 Å². The van der Waals surface area contributed by atoms with Crippen molar-refractivity contribution in [3.63, 3.8) is 0 Å². The van der Waals surface area contributed by atoms with Gasteiger partial charge in [-0.3, -0.25) is 9.97 Å². The van der Waals surface area contributed by atoms with Crippen LogP contribution in [0.25, 0.3) is 6.08 Å². The van der Waals surface area contributed by atoms with Gasteiger partial charge in [-0.1, -0.05) is 6.08 Å². The molecule has 0 saturated carbocycles. The number of rotatable bonds is 4. The van der Waals surface area contributed by atoms with Crippen molar-refractivity contribution >= 4 is 6.08 Å². The van der Waals surface area contributed by atoms with Gasteiger partial charge in [-0.15, -0.1) is 0 Å². The molecule has 0 amide bonds. The highest BCUT2D eigenvalue weighted by Gasteiger charge is 1.92. The molecule has 0 aliphatic heterocycles. The van der Waals surface area contributed by atoms with Crippen LogP contribution in [0.3, 0.4) is 0 Å². The maximum Gasteiger partial charge on any atom is 0.0809 e. The molecule has 0 spiro atoms. The maximum absolute atomic E-state index is 4.13. The summed E-state index contributed by atoms with van der Waals surface area (Å²) >= 11 is 0. The highest BCUT2D eigenvalue weighted by atomic mass is 14.8. The lowest BCUT2D eigenvalue weighted by Gasteiger charge is -2.04. The van der Waals surface area contributed by atoms with Gasteiger partial charge in [0.15, 0.2) is 0 Å². The van der Waals surface area contributed by atoms with Crippen LogP contribution in [0.2, 0.25) is 0 Å². The number of nitrogens with zero attached hydrogens (tertiary/aromatic N) is 2. The first-order valence-corrected chi connectivity index (χ1v) is 4.42. The van der Waals surface area contributed by atoms with Crippen LogP contribution >= 0.6 is 0 Å². The summed E-state index contributed by atoms with van der Waals surface area (Å²) in [5.41, 5.74) is 0.908. The zero-order chi connectivity index (χ0) is 9.52. The minimum atomic E-state index is 0.507. The van der Waals surface area contributed by atoms with E-state index in [9.17, 15) is 0 Å². The smallest absolute Gasteiger partial charge is 0.0809 e. The minimum Gasteiger partial charge on any atom is -0.317 e. The summed E-state index contributed by atoms with van der Waals surface area (Å²) < 4.78 is 0. The lowest BCUT2D eigenvalue weighted by molar-refractivity contribution is 0.621. The van der Waals surface area contributed by atoms with Crippen LogP contribution in [0.4, 0.5) is 0 Å². The lowest BCUT2D eigenvalue weighted by Crippen LogP contribution is -2.19. The number of hydrogen-bond donors (Lipinski definition) is 1. The van der Waals surface area contributed by atoms with Crippen LogP contribution in [0, 0.1) is 0 Å². The zero-order valence-electron chi connectivity index (χ0n) is 8.07. The van der Waals surface area contributed by atoms with E-state index in [1.165, 1.54) is 0 Å². The molecular weight excluding hydrogens is 162 g/mol. The van der Waals surface area contributed by atoms with Crippen molar-refractivity contribution in [1.29, 1.82) is 0 Å². The van der Waals surface area contributed by atoms with E-state index in [0.29, 0.717) is 6.04 Å². The average molecular weight is 177 g/mol. The molecule has 1 N–H and O–H groups in total. The van der Waals surface area contributed by atoms with E-state index in [2.05, 4.69) is 28.3 Å². The van der Waals surface area contributed by atoms with E-state index < -0.39 is 0 Å². The van der Waals surface area contributed by atoms with Gasteiger partial charge in [0.05, 0.1) is 11.9 Å². The second kappa shape index (κ2) is 5.43. The molecule has 0 aromatic carbocycles. The average Bonchev–Trinajstić information content (AvgIpc) is 2.19. The summed E-state index contributed by atoms with van der Waals surface area (Å²) in [7, 11) is 1.96. The Morgan fingerprint density at radius 1 is 1.54 bits per heavy atom. The Bertz CT molecular complexity index is 256. The molecule has 0 saturated heterocycles. The van der Waals surface area contributed by atoms with Gasteiger partial charge in [0, 0.05) is 18.4 Å². The first-order valence-electron chi connectivity index (χ1n) is 4.42. The van der Waals surface area contributed by atoms with Gasteiger partial charge in [0.2, 0.25) is 0 Å². The third-order valence-electron chi connectivity index (χ3n) is 1.85. The van der Waals surface area contributed by atoms with Gasteiger partial charge in [-0.05, 0) is 26.5 Å². The van der Waals surface area contributed by atoms with Crippen molar-refractivity contribution in [2.45, 2.75) is 19.4 Å². The summed E-state index contributed by atoms with van der Waals surface area (Å²) in [6, 6.07) is 0.507. The molecule has 3 nitrogen and oxygen atoms in total. The molecule has 0 bridgehead atoms. The summed E-state index contributed by atoms with van der Waals surface area (Å²) in [6.07, 6.45) is 10.2. The normalized spacial score (nSPS) is 13.4. The van der Waals surface area contributed by atoms with E-state index >= 15 is 0 Å². The van der Waals surface area contributed by atoms with Crippen molar-refractivity contribution in [2.75, 3.05) is 7.05 Å². The molecule has 0 fully saturated rings. The van der Waals surface area contributed by atoms with E-state index in [0.717, 1.165) is 12.1 Å². The molecule has 1 aromatic rings. The van der Waals surface area contributed by atoms with Gasteiger partial charge in [0.1, 0.15) is 0 Å². The van der Waals surface area contributed by atoms with Gasteiger partial charge in [-0.25, -0.2) is 0 Å². The van der Waals surface area contributed by atoms with Crippen molar-refractivity contribution in [3.05, 3.63) is 30.4 Å². The Balaban J connectivity index is 2.41. The van der Waals surface area contributed by atoms with Crippen molar-refractivity contribution in [1.82, 2.24) is 15.3 Å². The fraction of sp³-hybridized carbons (Fsp3) is 0.400. The molecule has 1 unspecified atom stereocenters. The van der Waals surface area contributed by atoms with Crippen LogP contribution in [0.1, 0.15) is 19.0 Å². The molecule has 1 heterocycles. The molecule has 1 atom stereocenters. The SMILES string of the molecule is CNC(C)CC=Cc1cnccn1. The minimum absolute atomic E-state index is 0.507. The van der Waals surface area contributed by atoms with Gasteiger partial charge in [0.25, 0.3) is 0 Å². The van der Waals surface area contributed by atoms with Crippen LogP contribution in [-0.2, 0) is 0 Å². The van der Waals surface area contributed by atoms with E-state index in [-0.39, 0.29) is 0 Å². The monoisotopic (exact) mass is 177 g/mol. The Morgan fingerprint density at radius 2 is 2.38 bits per heavy atom. The molecule has 0 aliphatic carbocycles. The largest absolute Gasteiger partial charge is 0.317 e. The highest BCUT2D eigenvalue weighted by Crippen LogP contribution is 1.97. The van der Waals surface area contributed by atoms with Crippen LogP contribution in [-0.4, -0.2) is 23.1 Å². The van der Waals surface area contributed by atoms with Crippen LogP contribution in [0.5, 0.6) is 0 Å². The Labute approximate surface area is 78.9 Å². The van der Waals surface area contributed by atoms with Crippen LogP contribution < -0.4 is 5.32 Å². The molecule has 70 valence electrons. The molecule has 0 aliphatic rings. The fourth-order valence-corrected chi connectivity index (χ4v) is 0.907. The van der Waals surface area contributed by atoms with E-state index in [4.69, 9.17) is 0 Å². The maximum atomic E-state index is 4.13. The Kier molecular flexibility index (Phi) is 4.12. The zero-order valence-corrected chi connectivity index (χ0v) is 8.07. The molecule has 3 heteroatoms. The second-order valence-electron chi connectivity index (χ2n) is 2.96. The van der Waals surface area contributed by atoms with Gasteiger partial charge in [-0.2, -0.15) is 0 Å². The fourth-order valence-electron chi connectivity index (χ4n) is 0.907. The molecule has 1 rings (SSSR count). The first kappa shape index (κ1) is 9.86. The Morgan fingerprint density at radius 3 is 3.00 bits per heavy atom. The summed E-state index contributed by atoms with van der Waals surface area (Å²) in [5.74, 6) is 0. The molecule has 1 aromatic heterocycles. The first-order chi connectivity index (χ1) is 6.33. The summed E-state index contributed by atoms with van der Waals surface area (Å²) in [6.45, 7) is 2.14. The van der Waals surface area contributed by atoms with Crippen molar-refractivity contribution in [3.8, 4) is 0 Å². The van der Waals surface area contributed by atoms with Gasteiger partial charge >= 0.3 is 0 Å². The van der Waals surface area contributed by atoms with Crippen LogP contribution in [0.15, 0.2) is 24.7 Å². The topological polar surface area (TPSA) is 37.8 Å². The molecule has 13 heavy (non-hydrogen) atoms. The molecular formula is C10H15N3. The lowest BCUT2D eigenvalue weighted by atomic mass is 10.2. The van der Waals surface area contributed by atoms with Crippen molar-refractivity contribution in [2.24, 2.45) is 0 Å². The predicted molar refractivity (Wildman–Crippen MR) is 54.2 cm³/mol. The summed E-state index contributed by atoms with van der Waals surface area (Å²) in [4.78, 5) is 8.10. The number of aromatic nitrogens is 2. The van der Waals surface area contributed by atoms with Gasteiger partial charge < -0.3 is 5.32 Å². The van der Waals surface area contributed by atoms with E-state index in [1.807, 2.05) is 13.1 Å². The molecule has 0 radical (unpaired) electrons. The predicted octanol–water partition coefficient (Wildman–Crippen LogP) is 1.49. The second-order valence-corrected chi connectivity index (χ2v) is 2.96. The highest BCUT2D eigenvalue weighted by molar-refractivity contribution is 5.42. The summed E-state index contributed by atoms with van der Waals surface area (Å²) in [5, 5.41) is 3.16. The number of hydrogen-bond acceptors (Lipinski definition) is 3. The van der Waals surface area contributed by atoms with E-state index in [1.54, 1.807) is 18.6 Å². The standard InChI is InChI=1S/C10H15N3/c1-9(11-2)4-3-5-10-8-12-6-7-13-10/h3,5-9,11H,4H2,1-2H3. The Hall–Kier alpha value is -1.22.